The molecule has 1 fully saturated rings. The Labute approximate surface area is 248 Å². The molecule has 4 amide bonds. The predicted molar refractivity (Wildman–Crippen MR) is 155 cm³/mol. The van der Waals surface area contributed by atoms with Gasteiger partial charge in [0.2, 0.25) is 11.8 Å². The topological polar surface area (TPSA) is 120 Å². The Balaban J connectivity index is 1.36. The molecule has 0 radical (unpaired) electrons. The minimum Gasteiger partial charge on any atom is -0.447 e. The van der Waals surface area contributed by atoms with Gasteiger partial charge in [-0.2, -0.15) is 0 Å². The summed E-state index contributed by atoms with van der Waals surface area (Å²) in [6, 6.07) is 14.1. The molecule has 0 aliphatic carbocycles. The fourth-order valence-electron chi connectivity index (χ4n) is 4.43. The number of likely N-dealkylation sites (N-methyl/N-ethyl adjacent to an activating group) is 2. The predicted octanol–water partition coefficient (Wildman–Crippen LogP) is 4.45. The van der Waals surface area contributed by atoms with E-state index >= 15 is 0 Å². The SMILES string of the molecule is CN1CCN(C(=O)CC[C@@H](COC(=O)Nc2cc(-c3ccccc3)no2)N(C)C(=O)NCc2cccc(F)c2Cl)CC1. The molecule has 1 saturated heterocycles. The first kappa shape index (κ1) is 30.8. The second-order valence-electron chi connectivity index (χ2n) is 10.0. The number of urea groups is 1. The number of nitrogens with one attached hydrogen (secondary N) is 2. The molecular formula is C29H34ClFN6O5. The number of carbonyl (C=O) groups excluding carboxylic acids is 3. The van der Waals surface area contributed by atoms with Gasteiger partial charge in [0.1, 0.15) is 18.1 Å². The van der Waals surface area contributed by atoms with E-state index in [0.29, 0.717) is 24.3 Å². The lowest BCUT2D eigenvalue weighted by molar-refractivity contribution is -0.133. The smallest absolute Gasteiger partial charge is 0.414 e. The Morgan fingerprint density at radius 1 is 1.12 bits per heavy atom. The number of ether oxygens (including phenoxy) is 1. The minimum absolute atomic E-state index is 0.0106. The highest BCUT2D eigenvalue weighted by Crippen LogP contribution is 2.22. The van der Waals surface area contributed by atoms with Crippen LogP contribution >= 0.6 is 11.6 Å². The lowest BCUT2D eigenvalue weighted by Gasteiger charge is -2.33. The van der Waals surface area contributed by atoms with Crippen LogP contribution in [0.2, 0.25) is 5.02 Å². The van der Waals surface area contributed by atoms with Gasteiger partial charge in [-0.15, -0.1) is 0 Å². The van der Waals surface area contributed by atoms with Crippen molar-refractivity contribution in [2.24, 2.45) is 0 Å². The Hall–Kier alpha value is -4.16. The van der Waals surface area contributed by atoms with E-state index in [1.807, 2.05) is 37.4 Å². The number of hydrogen-bond donors (Lipinski definition) is 2. The second-order valence-corrected chi connectivity index (χ2v) is 10.4. The number of halogens is 2. The molecule has 1 aromatic heterocycles. The average Bonchev–Trinajstić information content (AvgIpc) is 3.46. The van der Waals surface area contributed by atoms with Gasteiger partial charge in [-0.1, -0.05) is 59.2 Å². The molecule has 4 rings (SSSR count). The number of benzene rings is 2. The van der Waals surface area contributed by atoms with Gasteiger partial charge in [0, 0.05) is 57.8 Å². The van der Waals surface area contributed by atoms with Crippen molar-refractivity contribution >= 4 is 35.5 Å². The molecular weight excluding hydrogens is 567 g/mol. The van der Waals surface area contributed by atoms with Crippen molar-refractivity contribution in [3.05, 3.63) is 71.0 Å². The third-order valence-corrected chi connectivity index (χ3v) is 7.51. The quantitative estimate of drug-likeness (QED) is 0.353. The number of amides is 4. The summed E-state index contributed by atoms with van der Waals surface area (Å²) < 4.78 is 24.4. The molecule has 1 aliphatic rings. The van der Waals surface area contributed by atoms with Gasteiger partial charge >= 0.3 is 12.1 Å². The first-order chi connectivity index (χ1) is 20.2. The maximum absolute atomic E-state index is 13.8. The van der Waals surface area contributed by atoms with E-state index < -0.39 is 24.0 Å². The summed E-state index contributed by atoms with van der Waals surface area (Å²) in [6.07, 6.45) is -0.389. The van der Waals surface area contributed by atoms with Crippen molar-refractivity contribution in [3.8, 4) is 11.3 Å². The van der Waals surface area contributed by atoms with Crippen LogP contribution in [-0.2, 0) is 16.1 Å². The van der Waals surface area contributed by atoms with Gasteiger partial charge in [0.05, 0.1) is 11.1 Å². The fourth-order valence-corrected chi connectivity index (χ4v) is 4.62. The summed E-state index contributed by atoms with van der Waals surface area (Å²) in [5.74, 6) is -0.522. The number of piperazine rings is 1. The molecule has 0 saturated carbocycles. The Bertz CT molecular complexity index is 1370. The van der Waals surface area contributed by atoms with Gasteiger partial charge in [0.25, 0.3) is 0 Å². The van der Waals surface area contributed by atoms with E-state index in [4.69, 9.17) is 20.9 Å². The zero-order valence-corrected chi connectivity index (χ0v) is 24.3. The number of aromatic nitrogens is 1. The number of anilines is 1. The first-order valence-corrected chi connectivity index (χ1v) is 13.9. The number of carbonyl (C=O) groups is 3. The summed E-state index contributed by atoms with van der Waals surface area (Å²) in [4.78, 5) is 43.8. The van der Waals surface area contributed by atoms with Crippen LogP contribution in [0.15, 0.2) is 59.1 Å². The highest BCUT2D eigenvalue weighted by atomic mass is 35.5. The summed E-state index contributed by atoms with van der Waals surface area (Å²) in [6.45, 7) is 2.64. The molecule has 0 unspecified atom stereocenters. The molecule has 1 aliphatic heterocycles. The summed E-state index contributed by atoms with van der Waals surface area (Å²) >= 11 is 6.01. The molecule has 2 heterocycles. The summed E-state index contributed by atoms with van der Waals surface area (Å²) in [7, 11) is 3.55. The first-order valence-electron chi connectivity index (χ1n) is 13.6. The largest absolute Gasteiger partial charge is 0.447 e. The highest BCUT2D eigenvalue weighted by Gasteiger charge is 2.26. The van der Waals surface area contributed by atoms with Crippen molar-refractivity contribution in [1.29, 1.82) is 0 Å². The Morgan fingerprint density at radius 3 is 2.60 bits per heavy atom. The number of rotatable bonds is 10. The molecule has 0 bridgehead atoms. The molecule has 2 N–H and O–H groups in total. The third-order valence-electron chi connectivity index (χ3n) is 7.09. The molecule has 13 heteroatoms. The van der Waals surface area contributed by atoms with Crippen LogP contribution in [0.25, 0.3) is 11.3 Å². The van der Waals surface area contributed by atoms with Crippen LogP contribution in [0.5, 0.6) is 0 Å². The van der Waals surface area contributed by atoms with Crippen molar-refractivity contribution < 1.29 is 28.0 Å². The minimum atomic E-state index is -0.804. The van der Waals surface area contributed by atoms with E-state index in [0.717, 1.165) is 18.7 Å². The fraction of sp³-hybridized carbons (Fsp3) is 0.379. The standard InChI is InChI=1S/C29H34ClFN6O5/c1-35-13-15-37(16-14-35)26(38)12-11-22(36(2)28(39)32-18-21-9-6-10-23(31)27(21)30)19-41-29(40)33-25-17-24(34-42-25)20-7-4-3-5-8-20/h3-10,17,22H,11-16,18-19H2,1-2H3,(H,32,39)(H,33,40)/t22-/m0/s1. The number of nitrogens with zero attached hydrogens (tertiary/aromatic N) is 4. The highest BCUT2D eigenvalue weighted by molar-refractivity contribution is 6.31. The van der Waals surface area contributed by atoms with E-state index in [1.165, 1.54) is 24.1 Å². The van der Waals surface area contributed by atoms with Gasteiger partial charge in [-0.3, -0.25) is 10.1 Å². The molecule has 11 nitrogen and oxygen atoms in total. The van der Waals surface area contributed by atoms with Crippen molar-refractivity contribution in [2.75, 3.05) is 52.2 Å². The van der Waals surface area contributed by atoms with Crippen LogP contribution in [0.3, 0.4) is 0 Å². The van der Waals surface area contributed by atoms with Crippen LogP contribution in [0, 0.1) is 5.82 Å². The normalized spacial score (nSPS) is 14.2. The van der Waals surface area contributed by atoms with E-state index in [9.17, 15) is 18.8 Å². The van der Waals surface area contributed by atoms with Crippen LogP contribution in [0.1, 0.15) is 18.4 Å². The maximum Gasteiger partial charge on any atom is 0.414 e. The van der Waals surface area contributed by atoms with Crippen LogP contribution in [-0.4, -0.2) is 90.8 Å². The maximum atomic E-state index is 13.8. The summed E-state index contributed by atoms with van der Waals surface area (Å²) in [5.41, 5.74) is 1.78. The average molecular weight is 601 g/mol. The van der Waals surface area contributed by atoms with E-state index in [1.54, 1.807) is 17.0 Å². The monoisotopic (exact) mass is 600 g/mol. The zero-order chi connectivity index (χ0) is 30.1. The number of hydrogen-bond acceptors (Lipinski definition) is 7. The van der Waals surface area contributed by atoms with Gasteiger partial charge < -0.3 is 29.3 Å². The van der Waals surface area contributed by atoms with Gasteiger partial charge in [0.15, 0.2) is 0 Å². The van der Waals surface area contributed by atoms with Crippen LogP contribution < -0.4 is 10.6 Å². The third kappa shape index (κ3) is 8.43. The zero-order valence-electron chi connectivity index (χ0n) is 23.5. The van der Waals surface area contributed by atoms with Crippen LogP contribution in [0.4, 0.5) is 19.9 Å². The summed E-state index contributed by atoms with van der Waals surface area (Å²) in [5, 5.41) is 9.08. The Kier molecular flexibility index (Phi) is 10.7. The molecule has 42 heavy (non-hydrogen) atoms. The van der Waals surface area contributed by atoms with Crippen molar-refractivity contribution in [1.82, 2.24) is 25.2 Å². The molecule has 1 atom stereocenters. The molecule has 224 valence electrons. The lowest BCUT2D eigenvalue weighted by atomic mass is 10.1. The van der Waals surface area contributed by atoms with E-state index in [-0.39, 0.29) is 42.8 Å². The second kappa shape index (κ2) is 14.6. The van der Waals surface area contributed by atoms with Crippen molar-refractivity contribution in [3.63, 3.8) is 0 Å². The molecule has 2 aromatic carbocycles. The van der Waals surface area contributed by atoms with E-state index in [2.05, 4.69) is 20.7 Å². The molecule has 0 spiro atoms. The lowest BCUT2D eigenvalue weighted by Crippen LogP contribution is -2.48. The van der Waals surface area contributed by atoms with Crippen molar-refractivity contribution in [2.45, 2.75) is 25.4 Å². The molecule has 3 aromatic rings. The van der Waals surface area contributed by atoms with Gasteiger partial charge in [-0.25, -0.2) is 14.0 Å². The van der Waals surface area contributed by atoms with Gasteiger partial charge in [-0.05, 0) is 25.1 Å². The Morgan fingerprint density at radius 2 is 1.86 bits per heavy atom.